The molecule has 0 amide bonds. The molecule has 0 spiro atoms. The minimum atomic E-state index is -7.45. The zero-order valence-corrected chi connectivity index (χ0v) is 10.7. The van der Waals surface area contributed by atoms with Crippen molar-refractivity contribution in [3.8, 4) is 0 Å². The van der Waals surface area contributed by atoms with E-state index in [0.29, 0.717) is 0 Å². The van der Waals surface area contributed by atoms with E-state index in [4.69, 9.17) is 0 Å². The minimum absolute atomic E-state index is 1.67. The predicted molar refractivity (Wildman–Crippen MR) is 43.9 cm³/mol. The van der Waals surface area contributed by atoms with Gasteiger partial charge in [-0.05, 0) is 0 Å². The lowest BCUT2D eigenvalue weighted by atomic mass is 10.2. The van der Waals surface area contributed by atoms with Crippen molar-refractivity contribution in [1.82, 2.24) is 0 Å². The molecule has 0 aromatic rings. The molecule has 0 aromatic heterocycles. The molecule has 0 unspecified atom stereocenters. The minimum Gasteiger partial charge on any atom is -0.452 e. The third-order valence-electron chi connectivity index (χ3n) is 1.98. The fourth-order valence-corrected chi connectivity index (χ4v) is 0.861. The summed E-state index contributed by atoms with van der Waals surface area (Å²) in [5, 5.41) is 0. The monoisotopic (exact) mass is 412 g/mol. The molecule has 0 aliphatic rings. The van der Waals surface area contributed by atoms with Gasteiger partial charge in [-0.2, -0.15) is 61.5 Å². The van der Waals surface area contributed by atoms with E-state index >= 15 is 0 Å². The molecule has 0 bridgehead atoms. The summed E-state index contributed by atoms with van der Waals surface area (Å²) in [5.41, 5.74) is 0. The van der Waals surface area contributed by atoms with Gasteiger partial charge in [0.25, 0.3) is 0 Å². The van der Waals surface area contributed by atoms with Gasteiger partial charge in [-0.1, -0.05) is 0 Å². The van der Waals surface area contributed by atoms with E-state index < -0.39 is 49.0 Å². The summed E-state index contributed by atoms with van der Waals surface area (Å²) in [4.78, 5) is 10.6. The van der Waals surface area contributed by atoms with Gasteiger partial charge in [0, 0.05) is 0 Å². The number of alkyl halides is 14. The first-order valence-electron chi connectivity index (χ1n) is 5.10. The van der Waals surface area contributed by atoms with Crippen LogP contribution in [0.2, 0.25) is 0 Å². The molecule has 0 N–H and O–H groups in total. The maximum atomic E-state index is 13.3. The fraction of sp³-hybridized carbons (Fsp3) is 0.875. The highest BCUT2D eigenvalue weighted by Crippen LogP contribution is 2.51. The Hall–Kier alpha value is -1.55. The third-order valence-corrected chi connectivity index (χ3v) is 1.98. The van der Waals surface area contributed by atoms with Crippen LogP contribution in [0.25, 0.3) is 0 Å². The number of halogens is 14. The van der Waals surface area contributed by atoms with Crippen LogP contribution >= 0.6 is 0 Å². The molecule has 1 atom stereocenters. The first kappa shape index (κ1) is 23.4. The molecule has 17 heteroatoms. The zero-order valence-electron chi connectivity index (χ0n) is 10.7. The Morgan fingerprint density at radius 2 is 1.08 bits per heavy atom. The Kier molecular flexibility index (Phi) is 5.92. The average molecular weight is 412 g/mol. The van der Waals surface area contributed by atoms with Crippen molar-refractivity contribution in [1.29, 1.82) is 0 Å². The molecule has 0 aromatic carbocycles. The Labute approximate surface area is 126 Å². The van der Waals surface area contributed by atoms with Crippen molar-refractivity contribution < 1.29 is 75.7 Å². The average Bonchev–Trinajstić information content (AvgIpc) is 2.31. The SMILES string of the molecule is O=C(OCC(F)(F)F)[C@](F)(OC(F)(F)C(F)(F)C(F)(F)F)C(F)(F)F. The summed E-state index contributed by atoms with van der Waals surface area (Å²) in [6, 6.07) is 0. The molecule has 0 aliphatic carbocycles. The summed E-state index contributed by atoms with van der Waals surface area (Å²) in [6.07, 6.45) is -27.4. The second-order valence-electron chi connectivity index (χ2n) is 3.98. The second-order valence-corrected chi connectivity index (χ2v) is 3.98. The van der Waals surface area contributed by atoms with Crippen LogP contribution in [0.15, 0.2) is 0 Å². The van der Waals surface area contributed by atoms with Crippen molar-refractivity contribution in [3.63, 3.8) is 0 Å². The van der Waals surface area contributed by atoms with Gasteiger partial charge in [-0.15, -0.1) is 0 Å². The van der Waals surface area contributed by atoms with Crippen LogP contribution in [0.1, 0.15) is 0 Å². The van der Waals surface area contributed by atoms with Crippen LogP contribution in [-0.4, -0.2) is 49.0 Å². The van der Waals surface area contributed by atoms with Gasteiger partial charge in [-0.25, -0.2) is 4.79 Å². The zero-order chi connectivity index (χ0) is 20.7. The molecule has 0 aliphatic heterocycles. The predicted octanol–water partition coefficient (Wildman–Crippen LogP) is 4.13. The van der Waals surface area contributed by atoms with E-state index in [1.807, 2.05) is 0 Å². The summed E-state index contributed by atoms with van der Waals surface area (Å²) in [5.74, 6) is -18.2. The molecule has 0 saturated carbocycles. The van der Waals surface area contributed by atoms with Gasteiger partial charge in [-0.3, -0.25) is 4.74 Å². The summed E-state index contributed by atoms with van der Waals surface area (Å²) in [7, 11) is 0. The van der Waals surface area contributed by atoms with Crippen LogP contribution in [0.4, 0.5) is 61.5 Å². The van der Waals surface area contributed by atoms with Gasteiger partial charge >= 0.3 is 42.4 Å². The molecule has 0 rings (SSSR count). The number of ether oxygens (including phenoxy) is 2. The summed E-state index contributed by atoms with van der Waals surface area (Å²) in [6.45, 7) is -3.02. The lowest BCUT2D eigenvalue weighted by Crippen LogP contribution is -2.62. The van der Waals surface area contributed by atoms with E-state index in [9.17, 15) is 66.3 Å². The van der Waals surface area contributed by atoms with E-state index in [1.54, 1.807) is 4.74 Å². The number of rotatable bonds is 5. The van der Waals surface area contributed by atoms with E-state index in [1.165, 1.54) is 0 Å². The largest absolute Gasteiger partial charge is 0.462 e. The van der Waals surface area contributed by atoms with Gasteiger partial charge < -0.3 is 4.74 Å². The Bertz CT molecular complexity index is 488. The molecule has 150 valence electrons. The number of carbonyl (C=O) groups excluding carboxylic acids is 1. The Balaban J connectivity index is 5.82. The lowest BCUT2D eigenvalue weighted by Gasteiger charge is -2.33. The molecule has 0 heterocycles. The highest BCUT2D eigenvalue weighted by Gasteiger charge is 2.80. The molecule has 0 fully saturated rings. The van der Waals surface area contributed by atoms with E-state index in [2.05, 4.69) is 4.74 Å². The maximum Gasteiger partial charge on any atom is 0.462 e. The fourth-order valence-electron chi connectivity index (χ4n) is 0.861. The standard InChI is InChI=1S/C8H2F14O3/c9-3(10,11)1-24-2(23)4(12,6(15,16)17)25-8(21,22)5(13,14)7(18,19)20/h1H2/t4-/m0/s1. The highest BCUT2D eigenvalue weighted by atomic mass is 19.4. The Morgan fingerprint density at radius 1 is 0.680 bits per heavy atom. The number of hydrogen-bond acceptors (Lipinski definition) is 3. The summed E-state index contributed by atoms with van der Waals surface area (Å²) < 4.78 is 175. The van der Waals surface area contributed by atoms with Crippen molar-refractivity contribution in [2.45, 2.75) is 36.4 Å². The van der Waals surface area contributed by atoms with Gasteiger partial charge in [0.1, 0.15) is 0 Å². The molecular formula is C8H2F14O3. The van der Waals surface area contributed by atoms with Gasteiger partial charge in [0.05, 0.1) is 0 Å². The molecular weight excluding hydrogens is 410 g/mol. The van der Waals surface area contributed by atoms with Crippen LogP contribution < -0.4 is 0 Å². The number of hydrogen-bond donors (Lipinski definition) is 0. The highest BCUT2D eigenvalue weighted by molar-refractivity contribution is 5.79. The molecule has 0 radical (unpaired) electrons. The number of esters is 1. The first-order chi connectivity index (χ1) is 10.6. The second kappa shape index (κ2) is 6.31. The maximum absolute atomic E-state index is 13.3. The molecule has 0 saturated heterocycles. The molecule has 25 heavy (non-hydrogen) atoms. The van der Waals surface area contributed by atoms with Crippen LogP contribution in [0.5, 0.6) is 0 Å². The number of carbonyl (C=O) groups is 1. The van der Waals surface area contributed by atoms with Crippen molar-refractivity contribution in [3.05, 3.63) is 0 Å². The van der Waals surface area contributed by atoms with Crippen LogP contribution in [0.3, 0.4) is 0 Å². The first-order valence-corrected chi connectivity index (χ1v) is 5.10. The normalized spacial score (nSPS) is 17.2. The van der Waals surface area contributed by atoms with Gasteiger partial charge in [0.2, 0.25) is 0 Å². The third kappa shape index (κ3) is 4.97. The van der Waals surface area contributed by atoms with Crippen LogP contribution in [-0.2, 0) is 14.3 Å². The smallest absolute Gasteiger partial charge is 0.452 e. The van der Waals surface area contributed by atoms with Gasteiger partial charge in [0.15, 0.2) is 6.61 Å². The summed E-state index contributed by atoms with van der Waals surface area (Å²) >= 11 is 0. The quantitative estimate of drug-likeness (QED) is 0.504. The van der Waals surface area contributed by atoms with E-state index in [-0.39, 0.29) is 0 Å². The Morgan fingerprint density at radius 3 is 1.36 bits per heavy atom. The van der Waals surface area contributed by atoms with Crippen LogP contribution in [0, 0.1) is 0 Å². The van der Waals surface area contributed by atoms with E-state index in [0.717, 1.165) is 0 Å². The van der Waals surface area contributed by atoms with Crippen molar-refractivity contribution >= 4 is 5.97 Å². The topological polar surface area (TPSA) is 35.5 Å². The van der Waals surface area contributed by atoms with Crippen molar-refractivity contribution in [2.75, 3.05) is 6.61 Å². The lowest BCUT2D eigenvalue weighted by molar-refractivity contribution is -0.475. The molecule has 3 nitrogen and oxygen atoms in total. The van der Waals surface area contributed by atoms with Crippen molar-refractivity contribution in [2.24, 2.45) is 0 Å².